The standard InChI is InChI=1S/C15H20BN5O5/c17-4-5-21-8-10(19-20-21)7-13(22)18-12-6-9-2-1-3-11(15(23)24)14(9)26-16(12)25/h1-3,8,12,15,23-25H,4-7,17H2,(H,18,22)/t12-/m0/s1. The summed E-state index contributed by atoms with van der Waals surface area (Å²) in [4.78, 5) is 12.2. The number of fused-ring (bicyclic) bond motifs is 1. The van der Waals surface area contributed by atoms with Crippen molar-refractivity contribution in [3.63, 3.8) is 0 Å². The maximum absolute atomic E-state index is 12.2. The van der Waals surface area contributed by atoms with Crippen molar-refractivity contribution in [2.75, 3.05) is 6.54 Å². The van der Waals surface area contributed by atoms with Crippen LogP contribution < -0.4 is 15.7 Å². The van der Waals surface area contributed by atoms with Crippen molar-refractivity contribution < 1.29 is 24.7 Å². The molecule has 10 nitrogen and oxygen atoms in total. The Morgan fingerprint density at radius 2 is 2.31 bits per heavy atom. The molecule has 0 unspecified atom stereocenters. The van der Waals surface area contributed by atoms with Crippen LogP contribution in [-0.2, 0) is 24.2 Å². The number of hydrogen-bond donors (Lipinski definition) is 5. The second-order valence-corrected chi connectivity index (χ2v) is 6.03. The number of nitrogens with zero attached hydrogens (tertiary/aromatic N) is 3. The Hall–Kier alpha value is -2.47. The molecule has 138 valence electrons. The lowest BCUT2D eigenvalue weighted by Crippen LogP contribution is -2.53. The van der Waals surface area contributed by atoms with Gasteiger partial charge in [0, 0.05) is 18.3 Å². The quantitative estimate of drug-likeness (QED) is 0.289. The Morgan fingerprint density at radius 3 is 3.04 bits per heavy atom. The van der Waals surface area contributed by atoms with E-state index in [1.54, 1.807) is 23.0 Å². The molecule has 0 fully saturated rings. The Kier molecular flexibility index (Phi) is 5.52. The van der Waals surface area contributed by atoms with Crippen molar-refractivity contribution in [3.8, 4) is 5.75 Å². The van der Waals surface area contributed by atoms with Gasteiger partial charge in [-0.15, -0.1) is 5.10 Å². The van der Waals surface area contributed by atoms with E-state index in [0.717, 1.165) is 0 Å². The van der Waals surface area contributed by atoms with Crippen LogP contribution in [0.1, 0.15) is 23.1 Å². The highest BCUT2D eigenvalue weighted by molar-refractivity contribution is 6.46. The Labute approximate surface area is 149 Å². The average molecular weight is 361 g/mol. The van der Waals surface area contributed by atoms with Crippen LogP contribution >= 0.6 is 0 Å². The van der Waals surface area contributed by atoms with Crippen molar-refractivity contribution >= 4 is 13.0 Å². The topological polar surface area (TPSA) is 156 Å². The first-order valence-corrected chi connectivity index (χ1v) is 8.19. The fraction of sp³-hybridized carbons (Fsp3) is 0.400. The minimum atomic E-state index is -1.71. The number of amides is 1. The summed E-state index contributed by atoms with van der Waals surface area (Å²) in [5.74, 6) is -0.773. The lowest BCUT2D eigenvalue weighted by atomic mass is 9.72. The van der Waals surface area contributed by atoms with Crippen LogP contribution in [0, 0.1) is 0 Å². The summed E-state index contributed by atoms with van der Waals surface area (Å²) in [5, 5.41) is 39.4. The average Bonchev–Trinajstić information content (AvgIpc) is 3.02. The molecule has 0 spiro atoms. The molecule has 2 aromatic rings. The zero-order chi connectivity index (χ0) is 18.7. The molecule has 2 heterocycles. The van der Waals surface area contributed by atoms with Gasteiger partial charge in [0.2, 0.25) is 5.91 Å². The van der Waals surface area contributed by atoms with Crippen molar-refractivity contribution in [1.29, 1.82) is 0 Å². The Balaban J connectivity index is 1.65. The van der Waals surface area contributed by atoms with Gasteiger partial charge in [0.05, 0.1) is 24.6 Å². The zero-order valence-corrected chi connectivity index (χ0v) is 13.9. The number of nitrogens with two attached hydrogens (primary N) is 1. The predicted molar refractivity (Wildman–Crippen MR) is 90.6 cm³/mol. The van der Waals surface area contributed by atoms with Crippen LogP contribution in [0.3, 0.4) is 0 Å². The van der Waals surface area contributed by atoms with Gasteiger partial charge < -0.3 is 30.9 Å². The molecule has 1 aromatic heterocycles. The number of carbonyl (C=O) groups is 1. The fourth-order valence-electron chi connectivity index (χ4n) is 2.86. The molecule has 0 bridgehead atoms. The summed E-state index contributed by atoms with van der Waals surface area (Å²) < 4.78 is 6.95. The van der Waals surface area contributed by atoms with Gasteiger partial charge in [-0.3, -0.25) is 9.48 Å². The molecule has 1 aliphatic rings. The molecule has 0 radical (unpaired) electrons. The molecule has 1 aromatic carbocycles. The molecule has 1 amide bonds. The number of nitrogens with one attached hydrogen (secondary N) is 1. The first-order valence-electron chi connectivity index (χ1n) is 8.19. The van der Waals surface area contributed by atoms with E-state index in [-0.39, 0.29) is 23.6 Å². The van der Waals surface area contributed by atoms with E-state index in [4.69, 9.17) is 10.4 Å². The molecule has 0 saturated carbocycles. The number of carbonyl (C=O) groups excluding carboxylic acids is 1. The van der Waals surface area contributed by atoms with Crippen LogP contribution in [-0.4, -0.2) is 55.7 Å². The van der Waals surface area contributed by atoms with E-state index in [1.165, 1.54) is 6.07 Å². The third-order valence-corrected chi connectivity index (χ3v) is 4.06. The van der Waals surface area contributed by atoms with Gasteiger partial charge in [-0.05, 0) is 12.0 Å². The zero-order valence-electron chi connectivity index (χ0n) is 13.9. The van der Waals surface area contributed by atoms with E-state index >= 15 is 0 Å². The molecule has 1 aliphatic heterocycles. The van der Waals surface area contributed by atoms with Crippen LogP contribution in [0.2, 0.25) is 0 Å². The summed E-state index contributed by atoms with van der Waals surface area (Å²) in [6.45, 7) is 0.935. The highest BCUT2D eigenvalue weighted by atomic mass is 16.5. The lowest BCUT2D eigenvalue weighted by Gasteiger charge is -2.29. The highest BCUT2D eigenvalue weighted by Crippen LogP contribution is 2.32. The van der Waals surface area contributed by atoms with Gasteiger partial charge in [0.1, 0.15) is 5.75 Å². The van der Waals surface area contributed by atoms with Gasteiger partial charge in [-0.25, -0.2) is 0 Å². The van der Waals surface area contributed by atoms with Crippen molar-refractivity contribution in [3.05, 3.63) is 41.2 Å². The number of rotatable bonds is 6. The van der Waals surface area contributed by atoms with Gasteiger partial charge in [0.25, 0.3) is 0 Å². The van der Waals surface area contributed by atoms with Crippen molar-refractivity contribution in [2.45, 2.75) is 31.6 Å². The molecular weight excluding hydrogens is 341 g/mol. The monoisotopic (exact) mass is 361 g/mol. The number of aromatic nitrogens is 3. The van der Waals surface area contributed by atoms with Crippen LogP contribution in [0.5, 0.6) is 5.75 Å². The first kappa shape index (κ1) is 18.3. The molecule has 0 aliphatic carbocycles. The van der Waals surface area contributed by atoms with Gasteiger partial charge in [-0.1, -0.05) is 23.4 Å². The summed E-state index contributed by atoms with van der Waals surface area (Å²) in [6, 6.07) is 4.90. The SMILES string of the molecule is NCCn1cc(CC(=O)N[C@H]2Cc3cccc(C(O)O)c3OB2O)nn1. The highest BCUT2D eigenvalue weighted by Gasteiger charge is 2.37. The van der Waals surface area contributed by atoms with E-state index < -0.39 is 19.3 Å². The number of aliphatic hydroxyl groups is 2. The Morgan fingerprint density at radius 1 is 1.50 bits per heavy atom. The van der Waals surface area contributed by atoms with Gasteiger partial charge in [-0.2, -0.15) is 0 Å². The molecule has 11 heteroatoms. The molecule has 26 heavy (non-hydrogen) atoms. The number of benzene rings is 1. The fourth-order valence-corrected chi connectivity index (χ4v) is 2.86. The van der Waals surface area contributed by atoms with E-state index in [2.05, 4.69) is 15.6 Å². The number of hydrogen-bond acceptors (Lipinski definition) is 8. The lowest BCUT2D eigenvalue weighted by molar-refractivity contribution is -0.120. The second-order valence-electron chi connectivity index (χ2n) is 6.03. The van der Waals surface area contributed by atoms with E-state index in [0.29, 0.717) is 30.8 Å². The summed E-state index contributed by atoms with van der Waals surface area (Å²) in [7, 11) is -1.31. The molecule has 6 N–H and O–H groups in total. The van der Waals surface area contributed by atoms with Crippen molar-refractivity contribution in [1.82, 2.24) is 20.3 Å². The summed E-state index contributed by atoms with van der Waals surface area (Å²) >= 11 is 0. The van der Waals surface area contributed by atoms with Gasteiger partial charge >= 0.3 is 7.12 Å². The minimum absolute atomic E-state index is 0.00996. The molecule has 3 rings (SSSR count). The third kappa shape index (κ3) is 4.02. The molecule has 1 atom stereocenters. The Bertz CT molecular complexity index is 784. The smallest absolute Gasteiger partial charge is 0.534 e. The van der Waals surface area contributed by atoms with Crippen LogP contribution in [0.4, 0.5) is 0 Å². The maximum atomic E-state index is 12.2. The molecule has 0 saturated heterocycles. The summed E-state index contributed by atoms with van der Waals surface area (Å²) in [6.07, 6.45) is 0.239. The molecular formula is C15H20BN5O5. The first-order chi connectivity index (χ1) is 12.5. The summed E-state index contributed by atoms with van der Waals surface area (Å²) in [5.41, 5.74) is 6.77. The van der Waals surface area contributed by atoms with Crippen molar-refractivity contribution in [2.24, 2.45) is 5.73 Å². The number of aliphatic hydroxyl groups excluding tert-OH is 1. The van der Waals surface area contributed by atoms with Gasteiger partial charge in [0.15, 0.2) is 6.29 Å². The maximum Gasteiger partial charge on any atom is 0.547 e. The third-order valence-electron chi connectivity index (χ3n) is 4.06. The van der Waals surface area contributed by atoms with Crippen LogP contribution in [0.25, 0.3) is 0 Å². The van der Waals surface area contributed by atoms with E-state index in [1.807, 2.05) is 0 Å². The normalized spacial score (nSPS) is 16.3. The largest absolute Gasteiger partial charge is 0.547 e. The van der Waals surface area contributed by atoms with Crippen LogP contribution in [0.15, 0.2) is 24.4 Å². The van der Waals surface area contributed by atoms with E-state index in [9.17, 15) is 20.0 Å². The predicted octanol–water partition coefficient (Wildman–Crippen LogP) is -2.10. The second kappa shape index (κ2) is 7.83. The minimum Gasteiger partial charge on any atom is -0.534 e. The number of para-hydroxylation sites is 1.